The number of thiophene rings is 1. The van der Waals surface area contributed by atoms with Gasteiger partial charge in [0.05, 0.1) is 5.39 Å². The summed E-state index contributed by atoms with van der Waals surface area (Å²) in [6.45, 7) is 0.202. The minimum absolute atomic E-state index is 0.202. The van der Waals surface area contributed by atoms with Gasteiger partial charge in [0.25, 0.3) is 0 Å². The van der Waals surface area contributed by atoms with E-state index in [4.69, 9.17) is 16.2 Å². The van der Waals surface area contributed by atoms with Gasteiger partial charge in [0.15, 0.2) is 5.82 Å². The maximum atomic E-state index is 11.0. The summed E-state index contributed by atoms with van der Waals surface area (Å²) in [7, 11) is 0. The first-order valence-corrected chi connectivity index (χ1v) is 7.04. The Labute approximate surface area is 124 Å². The van der Waals surface area contributed by atoms with Crippen LogP contribution in [0.1, 0.15) is 16.2 Å². The van der Waals surface area contributed by atoms with Crippen molar-refractivity contribution in [1.82, 2.24) is 9.97 Å². The molecule has 2 aromatic heterocycles. The Balaban J connectivity index is 1.75. The summed E-state index contributed by atoms with van der Waals surface area (Å²) in [5.74, 6) is 1.10. The molecule has 0 fully saturated rings. The number of nitrogens with zero attached hydrogens (tertiary/aromatic N) is 2. The first-order valence-electron chi connectivity index (χ1n) is 6.16. The number of aromatic nitrogens is 2. The number of nitrogens with two attached hydrogens (primary N) is 2. The van der Waals surface area contributed by atoms with Crippen molar-refractivity contribution in [2.24, 2.45) is 5.73 Å². The van der Waals surface area contributed by atoms with Crippen molar-refractivity contribution in [3.63, 3.8) is 0 Å². The van der Waals surface area contributed by atoms with Gasteiger partial charge in [-0.15, -0.1) is 11.3 Å². The smallest absolute Gasteiger partial charge is 0.248 e. The Morgan fingerprint density at radius 2 is 1.95 bits per heavy atom. The molecule has 1 amide bonds. The van der Waals surface area contributed by atoms with Gasteiger partial charge in [-0.2, -0.15) is 0 Å². The molecule has 0 saturated heterocycles. The number of benzene rings is 1. The van der Waals surface area contributed by atoms with Gasteiger partial charge in [0.2, 0.25) is 5.91 Å². The fourth-order valence-corrected chi connectivity index (χ4v) is 2.64. The number of rotatable bonds is 4. The zero-order valence-electron chi connectivity index (χ0n) is 10.9. The van der Waals surface area contributed by atoms with Crippen molar-refractivity contribution >= 4 is 33.3 Å². The minimum Gasteiger partial charge on any atom is -0.486 e. The molecule has 0 aliphatic heterocycles. The molecule has 0 spiro atoms. The van der Waals surface area contributed by atoms with Crippen LogP contribution in [0.25, 0.3) is 10.2 Å². The number of fused-ring (bicyclic) bond motifs is 1. The molecule has 3 aromatic rings. The van der Waals surface area contributed by atoms with Crippen LogP contribution in [0.5, 0.6) is 5.75 Å². The number of ether oxygens (including phenoxy) is 1. The molecule has 21 heavy (non-hydrogen) atoms. The summed E-state index contributed by atoms with van der Waals surface area (Å²) in [4.78, 5) is 20.4. The predicted octanol–water partition coefficient (Wildman–Crippen LogP) is 1.95. The van der Waals surface area contributed by atoms with Gasteiger partial charge < -0.3 is 16.2 Å². The lowest BCUT2D eigenvalue weighted by Gasteiger charge is -2.06. The van der Waals surface area contributed by atoms with Crippen LogP contribution < -0.4 is 16.2 Å². The molecular weight excluding hydrogens is 288 g/mol. The molecule has 0 aliphatic rings. The fraction of sp³-hybridized carbons (Fsp3) is 0.0714. The molecule has 0 aliphatic carbocycles. The Hall–Kier alpha value is -2.67. The molecular formula is C14H12N4O2S. The molecule has 0 radical (unpaired) electrons. The van der Waals surface area contributed by atoms with E-state index in [0.717, 1.165) is 10.2 Å². The van der Waals surface area contributed by atoms with Crippen LogP contribution in [-0.4, -0.2) is 15.9 Å². The lowest BCUT2D eigenvalue weighted by Crippen LogP contribution is -2.10. The highest BCUT2D eigenvalue weighted by molar-refractivity contribution is 7.16. The predicted molar refractivity (Wildman–Crippen MR) is 81.1 cm³/mol. The van der Waals surface area contributed by atoms with Crippen molar-refractivity contribution < 1.29 is 9.53 Å². The number of amides is 1. The SMILES string of the molecule is NC(=O)c1ccc(OCc2nc(N)c3ccsc3n2)cc1. The van der Waals surface area contributed by atoms with Crippen molar-refractivity contribution in [2.75, 3.05) is 5.73 Å². The number of anilines is 1. The third-order valence-corrected chi connectivity index (χ3v) is 3.71. The molecule has 3 rings (SSSR count). The van der Waals surface area contributed by atoms with Crippen molar-refractivity contribution in [2.45, 2.75) is 6.61 Å². The second-order valence-electron chi connectivity index (χ2n) is 4.34. The highest BCUT2D eigenvalue weighted by Crippen LogP contribution is 2.23. The summed E-state index contributed by atoms with van der Waals surface area (Å²) < 4.78 is 5.58. The van der Waals surface area contributed by atoms with Crippen molar-refractivity contribution in [3.8, 4) is 5.75 Å². The summed E-state index contributed by atoms with van der Waals surface area (Å²) >= 11 is 1.50. The van der Waals surface area contributed by atoms with Crippen LogP contribution >= 0.6 is 11.3 Å². The van der Waals surface area contributed by atoms with Gasteiger partial charge in [-0.3, -0.25) is 4.79 Å². The number of carbonyl (C=O) groups excluding carboxylic acids is 1. The Morgan fingerprint density at radius 3 is 2.67 bits per heavy atom. The highest BCUT2D eigenvalue weighted by atomic mass is 32.1. The van der Waals surface area contributed by atoms with Crippen LogP contribution in [0.2, 0.25) is 0 Å². The number of hydrogen-bond donors (Lipinski definition) is 2. The molecule has 6 nitrogen and oxygen atoms in total. The number of carbonyl (C=O) groups is 1. The summed E-state index contributed by atoms with van der Waals surface area (Å²) in [6.07, 6.45) is 0. The normalized spacial score (nSPS) is 10.7. The van der Waals surface area contributed by atoms with E-state index in [1.807, 2.05) is 11.4 Å². The standard InChI is InChI=1S/C14H12N4O2S/c15-12-10-5-6-21-14(10)18-11(17-12)7-20-9-3-1-8(2-4-9)13(16)19/h1-6H,7H2,(H2,16,19)(H2,15,17,18). The summed E-state index contributed by atoms with van der Waals surface area (Å²) in [6, 6.07) is 8.45. The number of hydrogen-bond acceptors (Lipinski definition) is 6. The maximum absolute atomic E-state index is 11.0. The molecule has 0 unspecified atom stereocenters. The summed E-state index contributed by atoms with van der Waals surface area (Å²) in [5.41, 5.74) is 11.5. The molecule has 106 valence electrons. The zero-order valence-corrected chi connectivity index (χ0v) is 11.8. The zero-order chi connectivity index (χ0) is 14.8. The second-order valence-corrected chi connectivity index (χ2v) is 5.24. The molecule has 7 heteroatoms. The van der Waals surface area contributed by atoms with E-state index in [1.165, 1.54) is 11.3 Å². The molecule has 0 saturated carbocycles. The minimum atomic E-state index is -0.471. The second kappa shape index (κ2) is 5.37. The summed E-state index contributed by atoms with van der Waals surface area (Å²) in [5, 5.41) is 2.78. The van der Waals surface area contributed by atoms with E-state index in [0.29, 0.717) is 23.0 Å². The van der Waals surface area contributed by atoms with E-state index in [9.17, 15) is 4.79 Å². The van der Waals surface area contributed by atoms with Gasteiger partial charge in [-0.25, -0.2) is 9.97 Å². The van der Waals surface area contributed by atoms with Crippen molar-refractivity contribution in [1.29, 1.82) is 0 Å². The average Bonchev–Trinajstić information content (AvgIpc) is 2.94. The van der Waals surface area contributed by atoms with Gasteiger partial charge in [0.1, 0.15) is 23.0 Å². The van der Waals surface area contributed by atoms with Gasteiger partial charge in [-0.05, 0) is 35.7 Å². The van der Waals surface area contributed by atoms with E-state index >= 15 is 0 Å². The Kier molecular flexibility index (Phi) is 3.41. The number of primary amides is 1. The van der Waals surface area contributed by atoms with Gasteiger partial charge >= 0.3 is 0 Å². The molecule has 0 bridgehead atoms. The van der Waals surface area contributed by atoms with Crippen LogP contribution in [0.4, 0.5) is 5.82 Å². The molecule has 0 atom stereocenters. The van der Waals surface area contributed by atoms with E-state index in [1.54, 1.807) is 24.3 Å². The maximum Gasteiger partial charge on any atom is 0.248 e. The largest absolute Gasteiger partial charge is 0.486 e. The van der Waals surface area contributed by atoms with Crippen molar-refractivity contribution in [3.05, 3.63) is 47.1 Å². The Morgan fingerprint density at radius 1 is 1.19 bits per heavy atom. The Bertz CT molecular complexity index is 798. The average molecular weight is 300 g/mol. The third kappa shape index (κ3) is 2.77. The van der Waals surface area contributed by atoms with E-state index in [-0.39, 0.29) is 6.61 Å². The highest BCUT2D eigenvalue weighted by Gasteiger charge is 2.07. The third-order valence-electron chi connectivity index (χ3n) is 2.91. The fourth-order valence-electron chi connectivity index (χ4n) is 1.85. The molecule has 2 heterocycles. The van der Waals surface area contributed by atoms with E-state index in [2.05, 4.69) is 9.97 Å². The quantitative estimate of drug-likeness (QED) is 0.766. The molecule has 1 aromatic carbocycles. The molecule has 4 N–H and O–H groups in total. The first kappa shape index (κ1) is 13.3. The van der Waals surface area contributed by atoms with Crippen LogP contribution in [0.15, 0.2) is 35.7 Å². The van der Waals surface area contributed by atoms with Crippen LogP contribution in [0, 0.1) is 0 Å². The van der Waals surface area contributed by atoms with Crippen LogP contribution in [0.3, 0.4) is 0 Å². The van der Waals surface area contributed by atoms with Gasteiger partial charge in [-0.1, -0.05) is 0 Å². The lowest BCUT2D eigenvalue weighted by atomic mass is 10.2. The topological polar surface area (TPSA) is 104 Å². The lowest BCUT2D eigenvalue weighted by molar-refractivity contribution is 0.1000. The monoisotopic (exact) mass is 300 g/mol. The van der Waals surface area contributed by atoms with Gasteiger partial charge in [0, 0.05) is 5.56 Å². The number of nitrogen functional groups attached to an aromatic ring is 1. The van der Waals surface area contributed by atoms with E-state index < -0.39 is 5.91 Å². The first-order chi connectivity index (χ1) is 10.1. The van der Waals surface area contributed by atoms with Crippen LogP contribution in [-0.2, 0) is 6.61 Å².